The molecule has 0 saturated heterocycles. The van der Waals surface area contributed by atoms with E-state index < -0.39 is 5.82 Å². The summed E-state index contributed by atoms with van der Waals surface area (Å²) in [5, 5.41) is 8.31. The summed E-state index contributed by atoms with van der Waals surface area (Å²) in [6.45, 7) is 0. The van der Waals surface area contributed by atoms with E-state index in [4.69, 9.17) is 4.74 Å². The summed E-state index contributed by atoms with van der Waals surface area (Å²) in [7, 11) is 1.45. The molecule has 0 radical (unpaired) electrons. The Balaban J connectivity index is 1.80. The molecule has 0 spiro atoms. The molecule has 4 rings (SSSR count). The SMILES string of the molecule is COc1cc2c(NC(c3cccs3)c3cccs3)ncnc2cc1F. The highest BCUT2D eigenvalue weighted by atomic mass is 32.1. The van der Waals surface area contributed by atoms with Gasteiger partial charge in [-0.1, -0.05) is 12.1 Å². The Hall–Kier alpha value is -2.51. The molecule has 25 heavy (non-hydrogen) atoms. The Morgan fingerprint density at radius 1 is 1.08 bits per heavy atom. The third-order valence-electron chi connectivity index (χ3n) is 3.85. The Morgan fingerprint density at radius 3 is 2.40 bits per heavy atom. The summed E-state index contributed by atoms with van der Waals surface area (Å²) in [6, 6.07) is 11.2. The largest absolute Gasteiger partial charge is 0.494 e. The van der Waals surface area contributed by atoms with Gasteiger partial charge in [-0.05, 0) is 29.0 Å². The molecule has 0 saturated carbocycles. The summed E-state index contributed by atoms with van der Waals surface area (Å²) in [6.07, 6.45) is 1.44. The fraction of sp³-hybridized carbons (Fsp3) is 0.111. The van der Waals surface area contributed by atoms with Gasteiger partial charge < -0.3 is 10.1 Å². The molecule has 4 nitrogen and oxygen atoms in total. The number of benzene rings is 1. The van der Waals surface area contributed by atoms with E-state index in [0.717, 1.165) is 5.39 Å². The van der Waals surface area contributed by atoms with Crippen LogP contribution in [0.2, 0.25) is 0 Å². The lowest BCUT2D eigenvalue weighted by molar-refractivity contribution is 0.387. The topological polar surface area (TPSA) is 47.0 Å². The van der Waals surface area contributed by atoms with E-state index in [2.05, 4.69) is 27.4 Å². The lowest BCUT2D eigenvalue weighted by atomic mass is 10.1. The van der Waals surface area contributed by atoms with E-state index in [1.165, 1.54) is 29.3 Å². The zero-order valence-corrected chi connectivity index (χ0v) is 14.9. The summed E-state index contributed by atoms with van der Waals surface area (Å²) in [5.41, 5.74) is 0.534. The summed E-state index contributed by atoms with van der Waals surface area (Å²) in [4.78, 5) is 10.9. The molecule has 0 aliphatic heterocycles. The van der Waals surface area contributed by atoms with Crippen molar-refractivity contribution in [1.82, 2.24) is 9.97 Å². The highest BCUT2D eigenvalue weighted by Gasteiger charge is 2.19. The molecule has 1 aromatic carbocycles. The number of fused-ring (bicyclic) bond motifs is 1. The smallest absolute Gasteiger partial charge is 0.167 e. The number of hydrogen-bond donors (Lipinski definition) is 1. The second-order valence-electron chi connectivity index (χ2n) is 5.33. The summed E-state index contributed by atoms with van der Waals surface area (Å²) in [5.74, 6) is 0.386. The van der Waals surface area contributed by atoms with Gasteiger partial charge in [0.05, 0.1) is 18.7 Å². The maximum Gasteiger partial charge on any atom is 0.167 e. The van der Waals surface area contributed by atoms with Crippen LogP contribution in [0.3, 0.4) is 0 Å². The van der Waals surface area contributed by atoms with Gasteiger partial charge in [0.15, 0.2) is 11.6 Å². The van der Waals surface area contributed by atoms with Gasteiger partial charge >= 0.3 is 0 Å². The molecule has 0 bridgehead atoms. The third kappa shape index (κ3) is 3.08. The molecule has 3 aromatic heterocycles. The highest BCUT2D eigenvalue weighted by molar-refractivity contribution is 7.11. The van der Waals surface area contributed by atoms with Crippen molar-refractivity contribution < 1.29 is 9.13 Å². The van der Waals surface area contributed by atoms with Gasteiger partial charge in [-0.15, -0.1) is 22.7 Å². The normalized spacial score (nSPS) is 11.2. The van der Waals surface area contributed by atoms with Crippen molar-refractivity contribution in [3.63, 3.8) is 0 Å². The van der Waals surface area contributed by atoms with Crippen molar-refractivity contribution >= 4 is 39.4 Å². The molecule has 7 heteroatoms. The second-order valence-corrected chi connectivity index (χ2v) is 7.29. The molecule has 0 aliphatic carbocycles. The Labute approximate surface area is 152 Å². The van der Waals surface area contributed by atoms with Crippen LogP contribution in [0.5, 0.6) is 5.75 Å². The lowest BCUT2D eigenvalue weighted by Gasteiger charge is -2.18. The molecule has 0 amide bonds. The van der Waals surface area contributed by atoms with Gasteiger partial charge in [0, 0.05) is 21.2 Å². The third-order valence-corrected chi connectivity index (χ3v) is 5.72. The molecule has 3 heterocycles. The molecule has 1 N–H and O–H groups in total. The zero-order chi connectivity index (χ0) is 17.2. The number of thiophene rings is 2. The van der Waals surface area contributed by atoms with Crippen molar-refractivity contribution in [3.05, 3.63) is 69.1 Å². The van der Waals surface area contributed by atoms with Gasteiger partial charge in [-0.25, -0.2) is 14.4 Å². The Bertz CT molecular complexity index is 953. The summed E-state index contributed by atoms with van der Waals surface area (Å²) >= 11 is 3.36. The number of hydrogen-bond acceptors (Lipinski definition) is 6. The number of ether oxygens (including phenoxy) is 1. The first kappa shape index (κ1) is 16.0. The molecule has 126 valence electrons. The monoisotopic (exact) mass is 371 g/mol. The van der Waals surface area contributed by atoms with Crippen molar-refractivity contribution in [2.75, 3.05) is 12.4 Å². The van der Waals surface area contributed by atoms with Crippen LogP contribution in [0.25, 0.3) is 10.9 Å². The van der Waals surface area contributed by atoms with Crippen LogP contribution in [0.4, 0.5) is 10.2 Å². The molecular weight excluding hydrogens is 357 g/mol. The maximum atomic E-state index is 14.0. The minimum atomic E-state index is -0.437. The molecular formula is C18H14FN3OS2. The first-order valence-corrected chi connectivity index (χ1v) is 9.34. The first-order valence-electron chi connectivity index (χ1n) is 7.58. The number of rotatable bonds is 5. The van der Waals surface area contributed by atoms with E-state index in [9.17, 15) is 4.39 Å². The van der Waals surface area contributed by atoms with Crippen molar-refractivity contribution in [2.24, 2.45) is 0 Å². The minimum Gasteiger partial charge on any atom is -0.494 e. The highest BCUT2D eigenvalue weighted by Crippen LogP contribution is 2.34. The summed E-state index contributed by atoms with van der Waals surface area (Å²) < 4.78 is 19.1. The fourth-order valence-corrected chi connectivity index (χ4v) is 4.32. The molecule has 0 aliphatic rings. The van der Waals surface area contributed by atoms with Crippen LogP contribution in [0.1, 0.15) is 15.8 Å². The standard InChI is InChI=1S/C18H14FN3OS2/c1-23-14-8-11-13(9-12(14)19)20-10-21-18(11)22-17(15-4-2-6-24-15)16-5-3-7-25-16/h2-10,17H,1H3,(H,20,21,22). The first-order chi connectivity index (χ1) is 12.3. The molecule has 4 aromatic rings. The van der Waals surface area contributed by atoms with Crippen LogP contribution in [-0.2, 0) is 0 Å². The van der Waals surface area contributed by atoms with Crippen LogP contribution in [0.15, 0.2) is 53.5 Å². The van der Waals surface area contributed by atoms with E-state index >= 15 is 0 Å². The van der Waals surface area contributed by atoms with Crippen molar-refractivity contribution in [3.8, 4) is 5.75 Å². The number of nitrogens with zero attached hydrogens (tertiary/aromatic N) is 2. The second kappa shape index (κ2) is 6.78. The van der Waals surface area contributed by atoms with Crippen molar-refractivity contribution in [1.29, 1.82) is 0 Å². The number of halogens is 1. The number of nitrogens with one attached hydrogen (secondary N) is 1. The Morgan fingerprint density at radius 2 is 1.80 bits per heavy atom. The molecule has 0 atom stereocenters. The lowest BCUT2D eigenvalue weighted by Crippen LogP contribution is -2.11. The fourth-order valence-electron chi connectivity index (χ4n) is 2.66. The minimum absolute atomic E-state index is 0.0193. The quantitative estimate of drug-likeness (QED) is 0.530. The number of methoxy groups -OCH3 is 1. The van der Waals surface area contributed by atoms with E-state index in [0.29, 0.717) is 11.3 Å². The average Bonchev–Trinajstić information content (AvgIpc) is 3.33. The van der Waals surface area contributed by atoms with E-state index in [1.54, 1.807) is 28.7 Å². The van der Waals surface area contributed by atoms with Crippen LogP contribution in [0, 0.1) is 5.82 Å². The van der Waals surface area contributed by atoms with E-state index in [1.807, 2.05) is 22.9 Å². The predicted octanol–water partition coefficient (Wildman–Crippen LogP) is 5.10. The van der Waals surface area contributed by atoms with Gasteiger partial charge in [0.1, 0.15) is 12.1 Å². The van der Waals surface area contributed by atoms with Crippen LogP contribution < -0.4 is 10.1 Å². The van der Waals surface area contributed by atoms with Crippen molar-refractivity contribution in [2.45, 2.75) is 6.04 Å². The van der Waals surface area contributed by atoms with Gasteiger partial charge in [0.2, 0.25) is 0 Å². The van der Waals surface area contributed by atoms with Gasteiger partial charge in [0.25, 0.3) is 0 Å². The predicted molar refractivity (Wildman–Crippen MR) is 100 cm³/mol. The van der Waals surface area contributed by atoms with Gasteiger partial charge in [-0.3, -0.25) is 0 Å². The zero-order valence-electron chi connectivity index (χ0n) is 13.3. The molecule has 0 unspecified atom stereocenters. The molecule has 0 fully saturated rings. The maximum absolute atomic E-state index is 14.0. The van der Waals surface area contributed by atoms with Crippen LogP contribution in [-0.4, -0.2) is 17.1 Å². The van der Waals surface area contributed by atoms with Crippen LogP contribution >= 0.6 is 22.7 Å². The van der Waals surface area contributed by atoms with Gasteiger partial charge in [-0.2, -0.15) is 0 Å². The van der Waals surface area contributed by atoms with E-state index in [-0.39, 0.29) is 11.8 Å². The number of aromatic nitrogens is 2. The average molecular weight is 371 g/mol. The Kier molecular flexibility index (Phi) is 4.33. The number of anilines is 1.